The van der Waals surface area contributed by atoms with Crippen molar-refractivity contribution < 1.29 is 75.5 Å². The highest BCUT2D eigenvalue weighted by molar-refractivity contribution is 7.94. The van der Waals surface area contributed by atoms with Gasteiger partial charge >= 0.3 is 0 Å². The number of pyridine rings is 1. The molecule has 1 aliphatic carbocycles. The van der Waals surface area contributed by atoms with Crippen LogP contribution in [0.15, 0.2) is 121 Å². The summed E-state index contributed by atoms with van der Waals surface area (Å²) in [4.78, 5) is 58.2. The normalized spacial score (nSPS) is 12.8. The second-order valence-electron chi connectivity index (χ2n) is 13.7. The van der Waals surface area contributed by atoms with Crippen LogP contribution in [-0.2, 0) is 44.8 Å². The molecule has 0 spiro atoms. The monoisotopic (exact) mass is 972 g/mol. The Morgan fingerprint density at radius 2 is 1.27 bits per heavy atom. The quantitative estimate of drug-likeness (QED) is 0.0178. The molecule has 0 atom stereocenters. The van der Waals surface area contributed by atoms with Crippen molar-refractivity contribution in [2.75, 3.05) is 11.1 Å². The largest absolute Gasteiger partial charge is 0.354 e. The van der Waals surface area contributed by atoms with Gasteiger partial charge in [0.05, 0.1) is 32.9 Å². The predicted octanol–water partition coefficient (Wildman–Crippen LogP) is 5.32. The van der Waals surface area contributed by atoms with Crippen LogP contribution in [0.4, 0.5) is 11.4 Å². The lowest BCUT2D eigenvalue weighted by atomic mass is 9.80. The summed E-state index contributed by atoms with van der Waals surface area (Å²) in [5.74, 6) is -3.27. The molecule has 25 heteroatoms. The summed E-state index contributed by atoms with van der Waals surface area (Å²) in [6, 6.07) is 19.1. The number of hydrogen-bond donors (Lipinski definition) is 6. The molecule has 5 aromatic carbocycles. The van der Waals surface area contributed by atoms with E-state index in [0.717, 1.165) is 12.1 Å². The Morgan fingerprint density at radius 1 is 0.641 bits per heavy atom. The summed E-state index contributed by atoms with van der Waals surface area (Å²) in [7, 11) is -20.9. The maximum Gasteiger partial charge on any atom is 0.298 e. The third-order valence-corrected chi connectivity index (χ3v) is 13.7. The van der Waals surface area contributed by atoms with Gasteiger partial charge in [-0.15, -0.1) is 4.33 Å². The fourth-order valence-electron chi connectivity index (χ4n) is 6.86. The van der Waals surface area contributed by atoms with Crippen molar-refractivity contribution in [1.82, 2.24) is 4.98 Å². The van der Waals surface area contributed by atoms with E-state index in [1.165, 1.54) is 60.7 Å². The van der Waals surface area contributed by atoms with Crippen LogP contribution in [0, 0.1) is 0 Å². The van der Waals surface area contributed by atoms with Gasteiger partial charge in [-0.05, 0) is 36.2 Å². The zero-order chi connectivity index (χ0) is 46.5. The maximum atomic E-state index is 14.4. The summed E-state index contributed by atoms with van der Waals surface area (Å²) in [6.07, 6.45) is -0.133. The molecule has 1 aliphatic rings. The SMILES string of the molecule is O=C(CCCSOOc1cc(Nc2cc(S(=O)(=O)O)c3[nH]c(=O)c(C(=O)c4ccccc4)c4c3c2C(=O)c2ccccc2-4)c(S(=O)(=O)O)cc1S(=O)(=O)O)c1cccc(S(=O)(=O)O)c1. The number of H-pyrrole nitrogens is 1. The first-order chi connectivity index (χ1) is 30.0. The molecule has 332 valence electrons. The Hall–Kier alpha value is -6.13. The zero-order valence-corrected chi connectivity index (χ0v) is 36.0. The van der Waals surface area contributed by atoms with Crippen molar-refractivity contribution in [2.24, 2.45) is 0 Å². The summed E-state index contributed by atoms with van der Waals surface area (Å²) in [6.45, 7) is 0. The number of hydrogen-bond acceptors (Lipinski definition) is 16. The van der Waals surface area contributed by atoms with E-state index in [2.05, 4.69) is 10.3 Å². The molecule has 0 bridgehead atoms. The minimum atomic E-state index is -5.50. The molecule has 0 fully saturated rings. The van der Waals surface area contributed by atoms with Crippen LogP contribution in [0.3, 0.4) is 0 Å². The van der Waals surface area contributed by atoms with Gasteiger partial charge in [0, 0.05) is 57.9 Å². The standard InChI is InChI=1S/C39H28N2O18S5/c42-27(21-10-6-11-22(16-21)61(46,47)48)14-7-15-60-59-58-28-17-25(29(62(49,50)51)19-30(28)63(52,53)54)40-26-18-31(64(55,56)57)36-34-32(23-12-4-5-13-24(23)38(44)33(26)34)35(39(45)41-36)37(43)20-8-2-1-3-9-20/h1-6,8-13,16-19,40H,7,14-15H2,(H,41,45)(H,46,47,48)(H,49,50,51)(H,52,53,54)(H,55,56,57). The Labute approximate surface area is 366 Å². The van der Waals surface area contributed by atoms with Crippen molar-refractivity contribution in [1.29, 1.82) is 0 Å². The van der Waals surface area contributed by atoms with Crippen molar-refractivity contribution in [2.45, 2.75) is 32.4 Å². The molecule has 6 aromatic rings. The molecule has 0 amide bonds. The number of fused-ring (bicyclic) bond motifs is 2. The van der Waals surface area contributed by atoms with Gasteiger partial charge < -0.3 is 15.2 Å². The van der Waals surface area contributed by atoms with Crippen LogP contribution < -0.4 is 15.8 Å². The summed E-state index contributed by atoms with van der Waals surface area (Å²) >= 11 is 0.479. The Morgan fingerprint density at radius 3 is 1.91 bits per heavy atom. The van der Waals surface area contributed by atoms with E-state index in [-0.39, 0.29) is 52.5 Å². The summed E-state index contributed by atoms with van der Waals surface area (Å²) < 4.78 is 144. The van der Waals surface area contributed by atoms with Gasteiger partial charge in [0.1, 0.15) is 14.7 Å². The van der Waals surface area contributed by atoms with Crippen molar-refractivity contribution in [3.63, 3.8) is 0 Å². The maximum absolute atomic E-state index is 14.4. The van der Waals surface area contributed by atoms with Crippen LogP contribution in [-0.4, -0.2) is 80.0 Å². The van der Waals surface area contributed by atoms with Crippen LogP contribution in [0.5, 0.6) is 5.75 Å². The van der Waals surface area contributed by atoms with Gasteiger partial charge in [-0.3, -0.25) is 37.4 Å². The van der Waals surface area contributed by atoms with E-state index in [9.17, 15) is 71.1 Å². The van der Waals surface area contributed by atoms with Crippen molar-refractivity contribution in [3.8, 4) is 16.9 Å². The molecular weight excluding hydrogens is 945 g/mol. The number of benzene rings is 5. The molecule has 1 aromatic heterocycles. The first-order valence-electron chi connectivity index (χ1n) is 17.9. The number of ketones is 3. The van der Waals surface area contributed by atoms with E-state index in [1.807, 2.05) is 0 Å². The van der Waals surface area contributed by atoms with Crippen molar-refractivity contribution in [3.05, 3.63) is 135 Å². The lowest BCUT2D eigenvalue weighted by Crippen LogP contribution is -2.25. The number of nitrogens with one attached hydrogen (secondary N) is 2. The van der Waals surface area contributed by atoms with E-state index < -0.39 is 122 Å². The number of carbonyl (C=O) groups is 3. The highest BCUT2D eigenvalue weighted by Gasteiger charge is 2.37. The van der Waals surface area contributed by atoms with E-state index in [0.29, 0.717) is 24.2 Å². The fourth-order valence-corrected chi connectivity index (χ4v) is 9.86. The van der Waals surface area contributed by atoms with Gasteiger partial charge in [0.25, 0.3) is 46.0 Å². The predicted molar refractivity (Wildman–Crippen MR) is 226 cm³/mol. The molecule has 0 unspecified atom stereocenters. The van der Waals surface area contributed by atoms with Crippen molar-refractivity contribution >= 4 is 92.1 Å². The van der Waals surface area contributed by atoms with Crippen LogP contribution in [0.1, 0.15) is 55.0 Å². The molecular formula is C39H28N2O18S5. The molecule has 0 radical (unpaired) electrons. The first-order valence-corrected chi connectivity index (χ1v) is 24.6. The van der Waals surface area contributed by atoms with Gasteiger partial charge in [0.15, 0.2) is 23.1 Å². The lowest BCUT2D eigenvalue weighted by molar-refractivity contribution is -0.0807. The van der Waals surface area contributed by atoms with Crippen LogP contribution in [0.25, 0.3) is 22.0 Å². The van der Waals surface area contributed by atoms with Gasteiger partial charge in [-0.25, -0.2) is 0 Å². The number of anilines is 2. The minimum absolute atomic E-state index is 0.00556. The summed E-state index contributed by atoms with van der Waals surface area (Å²) in [5, 5.41) is 2.07. The Kier molecular flexibility index (Phi) is 12.3. The Balaban J connectivity index is 1.32. The minimum Gasteiger partial charge on any atom is -0.354 e. The van der Waals surface area contributed by atoms with E-state index in [1.54, 1.807) is 6.07 Å². The van der Waals surface area contributed by atoms with Crippen LogP contribution in [0.2, 0.25) is 0 Å². The smallest absolute Gasteiger partial charge is 0.298 e. The highest BCUT2D eigenvalue weighted by atomic mass is 32.2. The molecule has 0 aliphatic heterocycles. The summed E-state index contributed by atoms with van der Waals surface area (Å²) in [5.41, 5.74) is -4.63. The number of rotatable bonds is 16. The number of carbonyl (C=O) groups excluding carboxylic acids is 3. The van der Waals surface area contributed by atoms with Gasteiger partial charge in [0.2, 0.25) is 0 Å². The number of aromatic amines is 1. The third kappa shape index (κ3) is 9.11. The number of Topliss-reactive ketones (excluding diaryl/α,β-unsaturated/α-hetero) is 1. The Bertz CT molecular complexity index is 3500. The van der Waals surface area contributed by atoms with E-state index in [4.69, 9.17) is 9.22 Å². The second-order valence-corrected chi connectivity index (χ2v) is 20.0. The molecule has 0 saturated heterocycles. The average molecular weight is 973 g/mol. The van der Waals surface area contributed by atoms with Crippen LogP contribution >= 0.6 is 12.0 Å². The number of aromatic nitrogens is 1. The first kappa shape index (κ1) is 45.9. The molecule has 64 heavy (non-hydrogen) atoms. The molecule has 6 N–H and O–H groups in total. The molecule has 7 rings (SSSR count). The molecule has 1 heterocycles. The van der Waals surface area contributed by atoms with Gasteiger partial charge in [-0.2, -0.15) is 33.7 Å². The lowest BCUT2D eigenvalue weighted by Gasteiger charge is -2.25. The average Bonchev–Trinajstić information content (AvgIpc) is 3.22. The fraction of sp³-hybridized carbons (Fsp3) is 0.0769. The topological polar surface area (TPSA) is 332 Å². The molecule has 0 saturated carbocycles. The van der Waals surface area contributed by atoms with Gasteiger partial charge in [-0.1, -0.05) is 66.7 Å². The second kappa shape index (κ2) is 17.1. The highest BCUT2D eigenvalue weighted by Crippen LogP contribution is 2.46. The zero-order valence-electron chi connectivity index (χ0n) is 31.9. The molecule has 20 nitrogen and oxygen atoms in total. The van der Waals surface area contributed by atoms with E-state index >= 15 is 0 Å². The third-order valence-electron chi connectivity index (χ3n) is 9.59.